The van der Waals surface area contributed by atoms with Crippen LogP contribution in [0.2, 0.25) is 0 Å². The second kappa shape index (κ2) is 3.67. The van der Waals surface area contributed by atoms with Crippen molar-refractivity contribution in [2.45, 2.75) is 26.3 Å². The van der Waals surface area contributed by atoms with Crippen LogP contribution in [0.3, 0.4) is 0 Å². The van der Waals surface area contributed by atoms with Gasteiger partial charge in [-0.05, 0) is 13.3 Å². The molecule has 68 valence electrons. The fourth-order valence-electron chi connectivity index (χ4n) is 1.26. The molecule has 0 saturated carbocycles. The third kappa shape index (κ3) is 1.46. The third-order valence-corrected chi connectivity index (χ3v) is 2.92. The minimum atomic E-state index is -0.143. The summed E-state index contributed by atoms with van der Waals surface area (Å²) in [6.45, 7) is 4.61. The van der Waals surface area contributed by atoms with Crippen molar-refractivity contribution in [1.82, 2.24) is 4.90 Å². The Morgan fingerprint density at radius 3 is 2.42 bits per heavy atom. The quantitative estimate of drug-likeness (QED) is 0.681. The van der Waals surface area contributed by atoms with Crippen molar-refractivity contribution in [2.24, 2.45) is 0 Å². The number of hydrogen-bond acceptors (Lipinski definition) is 1. The molecule has 0 aromatic heterocycles. The Morgan fingerprint density at radius 1 is 1.50 bits per heavy atom. The molecule has 1 heterocycles. The van der Waals surface area contributed by atoms with Crippen LogP contribution in [0, 0.1) is 0 Å². The van der Waals surface area contributed by atoms with Gasteiger partial charge in [-0.15, -0.1) is 0 Å². The highest BCUT2D eigenvalue weighted by Crippen LogP contribution is 2.30. The molecule has 0 bridgehead atoms. The molecule has 0 radical (unpaired) electrons. The van der Waals surface area contributed by atoms with Gasteiger partial charge >= 0.3 is 0 Å². The normalized spacial score (nSPS) is 24.2. The predicted molar refractivity (Wildman–Crippen MR) is 50.2 cm³/mol. The molecule has 4 heteroatoms. The van der Waals surface area contributed by atoms with Gasteiger partial charge in [-0.2, -0.15) is 0 Å². The van der Waals surface area contributed by atoms with Crippen LogP contribution in [0.5, 0.6) is 0 Å². The van der Waals surface area contributed by atoms with E-state index >= 15 is 0 Å². The summed E-state index contributed by atoms with van der Waals surface area (Å²) < 4.78 is 0. The zero-order chi connectivity index (χ0) is 9.30. The fourth-order valence-corrected chi connectivity index (χ4v) is 1.73. The maximum atomic E-state index is 11.4. The lowest BCUT2D eigenvalue weighted by Crippen LogP contribution is -2.33. The predicted octanol–water partition coefficient (Wildman–Crippen LogP) is 2.32. The van der Waals surface area contributed by atoms with Gasteiger partial charge in [0.15, 0.2) is 0 Å². The van der Waals surface area contributed by atoms with E-state index in [1.54, 1.807) is 4.90 Å². The van der Waals surface area contributed by atoms with Gasteiger partial charge < -0.3 is 4.90 Å². The zero-order valence-corrected chi connectivity index (χ0v) is 8.61. The van der Waals surface area contributed by atoms with Crippen LogP contribution >= 0.6 is 23.2 Å². The van der Waals surface area contributed by atoms with E-state index in [1.807, 2.05) is 13.8 Å². The van der Waals surface area contributed by atoms with Gasteiger partial charge in [-0.1, -0.05) is 30.1 Å². The number of halogens is 2. The molecule has 0 aromatic carbocycles. The minimum Gasteiger partial charge on any atom is -0.330 e. The number of carbonyl (C=O) groups is 1. The first kappa shape index (κ1) is 9.87. The number of hydrogen-bond donors (Lipinski definition) is 0. The molecule has 1 aliphatic rings. The molecule has 0 aliphatic carbocycles. The van der Waals surface area contributed by atoms with E-state index in [1.165, 1.54) is 0 Å². The van der Waals surface area contributed by atoms with Crippen molar-refractivity contribution >= 4 is 29.1 Å². The van der Waals surface area contributed by atoms with Gasteiger partial charge in [0.1, 0.15) is 5.03 Å². The van der Waals surface area contributed by atoms with Gasteiger partial charge in [0.25, 0.3) is 5.91 Å². The summed E-state index contributed by atoms with van der Waals surface area (Å²) in [4.78, 5) is 13.1. The Balaban J connectivity index is 2.80. The molecule has 1 unspecified atom stereocenters. The Bertz CT molecular complexity index is 237. The molecule has 1 aliphatic heterocycles. The van der Waals surface area contributed by atoms with Crippen LogP contribution in [-0.2, 0) is 4.79 Å². The van der Waals surface area contributed by atoms with Gasteiger partial charge in [0.05, 0.1) is 11.1 Å². The molecule has 0 N–H and O–H groups in total. The topological polar surface area (TPSA) is 20.3 Å². The Labute approximate surface area is 82.1 Å². The van der Waals surface area contributed by atoms with Gasteiger partial charge in [-0.3, -0.25) is 4.79 Å². The monoisotopic (exact) mass is 207 g/mol. The highest BCUT2D eigenvalue weighted by Gasteiger charge is 2.33. The van der Waals surface area contributed by atoms with Gasteiger partial charge in [0.2, 0.25) is 0 Å². The van der Waals surface area contributed by atoms with E-state index in [2.05, 4.69) is 0 Å². The zero-order valence-electron chi connectivity index (χ0n) is 7.10. The molecule has 1 atom stereocenters. The van der Waals surface area contributed by atoms with Crippen molar-refractivity contribution in [3.8, 4) is 0 Å². The van der Waals surface area contributed by atoms with E-state index in [0.29, 0.717) is 11.6 Å². The second-order valence-corrected chi connectivity index (χ2v) is 3.62. The largest absolute Gasteiger partial charge is 0.330 e. The first-order chi connectivity index (χ1) is 5.59. The summed E-state index contributed by atoms with van der Waals surface area (Å²) >= 11 is 11.5. The number of nitrogens with zero attached hydrogens (tertiary/aromatic N) is 1. The molecule has 0 spiro atoms. The van der Waals surface area contributed by atoms with E-state index in [4.69, 9.17) is 23.2 Å². The average Bonchev–Trinajstić information content (AvgIpc) is 2.23. The smallest absolute Gasteiger partial charge is 0.267 e. The van der Waals surface area contributed by atoms with E-state index in [0.717, 1.165) is 6.42 Å². The first-order valence-corrected chi connectivity index (χ1v) is 4.71. The standard InChI is InChI=1S/C8H11Cl2NO/c1-3-4-11-5(2)6(9)7(10)8(11)12/h5H,3-4H2,1-2H3. The Hall–Kier alpha value is -0.210. The van der Waals surface area contributed by atoms with Crippen molar-refractivity contribution < 1.29 is 4.79 Å². The second-order valence-electron chi connectivity index (χ2n) is 2.84. The molecule has 2 nitrogen and oxygen atoms in total. The highest BCUT2D eigenvalue weighted by molar-refractivity contribution is 6.49. The first-order valence-electron chi connectivity index (χ1n) is 3.95. The lowest BCUT2D eigenvalue weighted by molar-refractivity contribution is -0.126. The van der Waals surface area contributed by atoms with Crippen molar-refractivity contribution in [3.63, 3.8) is 0 Å². The molecule has 12 heavy (non-hydrogen) atoms. The van der Waals surface area contributed by atoms with Crippen LogP contribution < -0.4 is 0 Å². The number of rotatable bonds is 2. The lowest BCUT2D eigenvalue weighted by Gasteiger charge is -2.21. The number of carbonyl (C=O) groups excluding carboxylic acids is 1. The summed E-state index contributed by atoms with van der Waals surface area (Å²) in [6.07, 6.45) is 0.921. The van der Waals surface area contributed by atoms with E-state index in [9.17, 15) is 4.79 Å². The average molecular weight is 208 g/mol. The summed E-state index contributed by atoms with van der Waals surface area (Å²) in [5.74, 6) is -0.143. The van der Waals surface area contributed by atoms with Gasteiger partial charge in [0, 0.05) is 6.54 Å². The highest BCUT2D eigenvalue weighted by atomic mass is 35.5. The third-order valence-electron chi connectivity index (χ3n) is 1.96. The summed E-state index contributed by atoms with van der Waals surface area (Å²) in [5, 5.41) is 0.646. The molecule has 0 aromatic rings. The molecule has 1 amide bonds. The van der Waals surface area contributed by atoms with Crippen LogP contribution in [0.4, 0.5) is 0 Å². The summed E-state index contributed by atoms with van der Waals surface area (Å²) in [5.41, 5.74) is 0. The van der Waals surface area contributed by atoms with Crippen LogP contribution in [0.15, 0.2) is 10.1 Å². The molecular formula is C8H11Cl2NO. The maximum absolute atomic E-state index is 11.4. The van der Waals surface area contributed by atoms with Crippen LogP contribution in [0.1, 0.15) is 20.3 Å². The van der Waals surface area contributed by atoms with E-state index in [-0.39, 0.29) is 17.0 Å². The minimum absolute atomic E-state index is 0.0494. The van der Waals surface area contributed by atoms with Gasteiger partial charge in [-0.25, -0.2) is 0 Å². The Morgan fingerprint density at radius 2 is 2.08 bits per heavy atom. The summed E-state index contributed by atoms with van der Waals surface area (Å²) in [6, 6.07) is -0.0494. The van der Waals surface area contributed by atoms with E-state index < -0.39 is 0 Å². The molecule has 0 saturated heterocycles. The lowest BCUT2D eigenvalue weighted by atomic mass is 10.3. The summed E-state index contributed by atoms with van der Waals surface area (Å²) in [7, 11) is 0. The molecular weight excluding hydrogens is 197 g/mol. The number of amides is 1. The Kier molecular flexibility index (Phi) is 3.02. The van der Waals surface area contributed by atoms with Crippen molar-refractivity contribution in [3.05, 3.63) is 10.1 Å². The fraction of sp³-hybridized carbons (Fsp3) is 0.625. The van der Waals surface area contributed by atoms with Crippen LogP contribution in [0.25, 0.3) is 0 Å². The van der Waals surface area contributed by atoms with Crippen molar-refractivity contribution in [1.29, 1.82) is 0 Å². The maximum Gasteiger partial charge on any atom is 0.267 e. The van der Waals surface area contributed by atoms with Crippen molar-refractivity contribution in [2.75, 3.05) is 6.54 Å². The molecule has 1 rings (SSSR count). The SMILES string of the molecule is CCCN1C(=O)C(Cl)=C(Cl)C1C. The van der Waals surface area contributed by atoms with Crippen LogP contribution in [-0.4, -0.2) is 23.4 Å². The molecule has 0 fully saturated rings.